The zero-order chi connectivity index (χ0) is 32.1. The number of nitrogens with one attached hydrogen (secondary N) is 1. The summed E-state index contributed by atoms with van der Waals surface area (Å²) < 4.78 is 5.96. The van der Waals surface area contributed by atoms with Crippen molar-refractivity contribution in [2.75, 3.05) is 27.2 Å². The first-order valence-electron chi connectivity index (χ1n) is 16.5. The quantitative estimate of drug-likeness (QED) is 0.315. The molecule has 9 nitrogen and oxygen atoms in total. The molecule has 3 amide bonds. The Hall–Kier alpha value is -3.20. The third-order valence-corrected chi connectivity index (χ3v) is 9.66. The Labute approximate surface area is 263 Å². The summed E-state index contributed by atoms with van der Waals surface area (Å²) in [6, 6.07) is 6.16. The number of nitrogens with zero attached hydrogens (tertiary/aromatic N) is 3. The number of likely N-dealkylation sites (N-methyl/N-ethyl adjacent to an activating group) is 2. The van der Waals surface area contributed by atoms with E-state index in [9.17, 15) is 19.2 Å². The Balaban J connectivity index is 1.44. The molecule has 9 heteroatoms. The number of benzene rings is 1. The Morgan fingerprint density at radius 3 is 2.34 bits per heavy atom. The van der Waals surface area contributed by atoms with E-state index in [1.165, 1.54) is 5.56 Å². The van der Waals surface area contributed by atoms with E-state index in [0.717, 1.165) is 50.6 Å². The van der Waals surface area contributed by atoms with Gasteiger partial charge in [-0.2, -0.15) is 0 Å². The van der Waals surface area contributed by atoms with Crippen LogP contribution < -0.4 is 5.32 Å². The molecule has 5 atom stereocenters. The van der Waals surface area contributed by atoms with Crippen LogP contribution in [0.25, 0.3) is 0 Å². The third-order valence-electron chi connectivity index (χ3n) is 9.66. The maximum Gasteiger partial charge on any atom is 0.329 e. The monoisotopic (exact) mass is 608 g/mol. The SMILES string of the molecule is C/C(=C\C(C(C)C)N(C)C(=O)C(NC(=O)C1CCCCN1C)C(C)C)C(=O)N1CCCC1C(=O)OC1CCc2ccccc21. The topological polar surface area (TPSA) is 99.3 Å². The van der Waals surface area contributed by atoms with Gasteiger partial charge < -0.3 is 19.9 Å². The molecule has 0 bridgehead atoms. The smallest absolute Gasteiger partial charge is 0.329 e. The molecule has 1 aliphatic carbocycles. The van der Waals surface area contributed by atoms with Gasteiger partial charge in [0, 0.05) is 19.2 Å². The van der Waals surface area contributed by atoms with E-state index in [4.69, 9.17) is 4.74 Å². The summed E-state index contributed by atoms with van der Waals surface area (Å²) >= 11 is 0. The van der Waals surface area contributed by atoms with Crippen LogP contribution in [0, 0.1) is 11.8 Å². The summed E-state index contributed by atoms with van der Waals surface area (Å²) in [6.07, 6.45) is 7.38. The van der Waals surface area contributed by atoms with Crippen LogP contribution in [0.5, 0.6) is 0 Å². The second kappa shape index (κ2) is 14.7. The molecule has 2 fully saturated rings. The van der Waals surface area contributed by atoms with Crippen molar-refractivity contribution < 1.29 is 23.9 Å². The molecule has 242 valence electrons. The molecule has 44 heavy (non-hydrogen) atoms. The predicted octanol–water partition coefficient (Wildman–Crippen LogP) is 4.26. The zero-order valence-corrected chi connectivity index (χ0v) is 27.7. The molecule has 0 spiro atoms. The van der Waals surface area contributed by atoms with E-state index in [-0.39, 0.29) is 53.7 Å². The van der Waals surface area contributed by atoms with Crippen molar-refractivity contribution in [2.45, 2.75) is 110 Å². The van der Waals surface area contributed by atoms with E-state index in [2.05, 4.69) is 16.3 Å². The van der Waals surface area contributed by atoms with Crippen molar-refractivity contribution in [1.29, 1.82) is 0 Å². The van der Waals surface area contributed by atoms with Crippen molar-refractivity contribution in [3.63, 3.8) is 0 Å². The van der Waals surface area contributed by atoms with Crippen LogP contribution in [0.1, 0.15) is 90.4 Å². The number of rotatable bonds is 10. The number of fused-ring (bicyclic) bond motifs is 1. The lowest BCUT2D eigenvalue weighted by atomic mass is 9.96. The normalized spacial score (nSPS) is 23.8. The second-order valence-corrected chi connectivity index (χ2v) is 13.6. The van der Waals surface area contributed by atoms with Gasteiger partial charge in [0.1, 0.15) is 18.2 Å². The summed E-state index contributed by atoms with van der Waals surface area (Å²) in [5.41, 5.74) is 2.76. The van der Waals surface area contributed by atoms with Crippen molar-refractivity contribution in [3.05, 3.63) is 47.0 Å². The van der Waals surface area contributed by atoms with Gasteiger partial charge >= 0.3 is 5.97 Å². The van der Waals surface area contributed by atoms with Gasteiger partial charge in [0.05, 0.1) is 12.1 Å². The lowest BCUT2D eigenvalue weighted by Crippen LogP contribution is -2.57. The van der Waals surface area contributed by atoms with Crippen molar-refractivity contribution >= 4 is 23.7 Å². The van der Waals surface area contributed by atoms with Gasteiger partial charge in [-0.15, -0.1) is 0 Å². The number of likely N-dealkylation sites (tertiary alicyclic amines) is 2. The van der Waals surface area contributed by atoms with Gasteiger partial charge in [-0.05, 0) is 82.0 Å². The molecule has 5 unspecified atom stereocenters. The standard InChI is InChI=1S/C35H52N4O5/c1-22(2)29(38(7)34(42)31(23(3)4)36-32(40)27-15-10-11-19-37(27)6)21-24(5)33(41)39-20-12-16-28(39)35(43)44-30-18-17-25-13-8-9-14-26(25)30/h8-9,13-14,21-23,27-31H,10-12,15-20H2,1-7H3,(H,36,40)/b24-21+. The number of hydrogen-bond donors (Lipinski definition) is 1. The molecular weight excluding hydrogens is 556 g/mol. The minimum Gasteiger partial charge on any atom is -0.456 e. The number of esters is 1. The number of aryl methyl sites for hydroxylation is 1. The zero-order valence-electron chi connectivity index (χ0n) is 27.7. The van der Waals surface area contributed by atoms with Gasteiger partial charge in [-0.1, -0.05) is 64.5 Å². The third kappa shape index (κ3) is 7.53. The van der Waals surface area contributed by atoms with Crippen molar-refractivity contribution in [1.82, 2.24) is 20.0 Å². The van der Waals surface area contributed by atoms with Gasteiger partial charge in [-0.3, -0.25) is 19.3 Å². The average molecular weight is 609 g/mol. The molecule has 3 aliphatic rings. The molecule has 2 heterocycles. The molecular formula is C35H52N4O5. The Morgan fingerprint density at radius 2 is 1.66 bits per heavy atom. The number of hydrogen-bond acceptors (Lipinski definition) is 6. The first kappa shape index (κ1) is 33.7. The summed E-state index contributed by atoms with van der Waals surface area (Å²) in [5, 5.41) is 3.05. The lowest BCUT2D eigenvalue weighted by Gasteiger charge is -2.36. The lowest BCUT2D eigenvalue weighted by molar-refractivity contribution is -0.157. The Morgan fingerprint density at radius 1 is 0.955 bits per heavy atom. The molecule has 1 aromatic carbocycles. The van der Waals surface area contributed by atoms with Crippen LogP contribution in [0.2, 0.25) is 0 Å². The number of amides is 3. The van der Waals surface area contributed by atoms with Crippen molar-refractivity contribution in [2.24, 2.45) is 11.8 Å². The summed E-state index contributed by atoms with van der Waals surface area (Å²) in [7, 11) is 3.70. The van der Waals surface area contributed by atoms with Crippen LogP contribution in [0.4, 0.5) is 0 Å². The summed E-state index contributed by atoms with van der Waals surface area (Å²) in [6.45, 7) is 11.0. The van der Waals surface area contributed by atoms with E-state index in [1.807, 2.05) is 59.0 Å². The highest BCUT2D eigenvalue weighted by molar-refractivity contribution is 5.96. The van der Waals surface area contributed by atoms with Crippen molar-refractivity contribution in [3.8, 4) is 0 Å². The van der Waals surface area contributed by atoms with Crippen LogP contribution in [-0.2, 0) is 30.3 Å². The minimum absolute atomic E-state index is 0.0152. The van der Waals surface area contributed by atoms with E-state index in [1.54, 1.807) is 23.8 Å². The number of carbonyl (C=O) groups is 4. The number of piperidine rings is 1. The fourth-order valence-corrected chi connectivity index (χ4v) is 6.96. The first-order valence-corrected chi connectivity index (χ1v) is 16.5. The molecule has 2 saturated heterocycles. The molecule has 2 aliphatic heterocycles. The number of ether oxygens (including phenoxy) is 1. The molecule has 1 aromatic rings. The van der Waals surface area contributed by atoms with E-state index in [0.29, 0.717) is 18.5 Å². The highest BCUT2D eigenvalue weighted by atomic mass is 16.5. The van der Waals surface area contributed by atoms with Gasteiger partial charge in [0.15, 0.2) is 0 Å². The van der Waals surface area contributed by atoms with Gasteiger partial charge in [-0.25, -0.2) is 4.79 Å². The van der Waals surface area contributed by atoms with E-state index >= 15 is 0 Å². The van der Waals surface area contributed by atoms with Crippen LogP contribution >= 0.6 is 0 Å². The predicted molar refractivity (Wildman–Crippen MR) is 171 cm³/mol. The maximum absolute atomic E-state index is 13.8. The highest BCUT2D eigenvalue weighted by Gasteiger charge is 2.39. The van der Waals surface area contributed by atoms with Gasteiger partial charge in [0.2, 0.25) is 17.7 Å². The van der Waals surface area contributed by atoms with Crippen LogP contribution in [0.3, 0.4) is 0 Å². The summed E-state index contributed by atoms with van der Waals surface area (Å²) in [5.74, 6) is -0.939. The largest absolute Gasteiger partial charge is 0.456 e. The van der Waals surface area contributed by atoms with Crippen LogP contribution in [-0.4, -0.2) is 89.7 Å². The molecule has 0 aromatic heterocycles. The molecule has 0 saturated carbocycles. The van der Waals surface area contributed by atoms with Crippen LogP contribution in [0.15, 0.2) is 35.9 Å². The highest BCUT2D eigenvalue weighted by Crippen LogP contribution is 2.35. The first-order chi connectivity index (χ1) is 20.9. The van der Waals surface area contributed by atoms with Gasteiger partial charge in [0.25, 0.3) is 0 Å². The fourth-order valence-electron chi connectivity index (χ4n) is 6.96. The summed E-state index contributed by atoms with van der Waals surface area (Å²) in [4.78, 5) is 59.4. The second-order valence-electron chi connectivity index (χ2n) is 13.6. The fraction of sp³-hybridized carbons (Fsp3) is 0.657. The molecule has 1 N–H and O–H groups in total. The number of carbonyl (C=O) groups excluding carboxylic acids is 4. The Kier molecular flexibility index (Phi) is 11.3. The molecule has 0 radical (unpaired) electrons. The Bertz CT molecular complexity index is 1240. The minimum atomic E-state index is -0.674. The van der Waals surface area contributed by atoms with E-state index < -0.39 is 12.1 Å². The molecule has 4 rings (SSSR count). The average Bonchev–Trinajstić information content (AvgIpc) is 3.65. The maximum atomic E-state index is 13.8.